The van der Waals surface area contributed by atoms with E-state index in [-0.39, 0.29) is 35.8 Å². The standard InChI is InChI=1S/C30H34N2O.HI/c1-32(18-6-3-7-19-32)22-23-10-16-29(17-11-23)31-30(33)27-15-13-25-12-14-26(20-28(25)21-27)24-8-4-2-5-9-24;/h2,4-5,8-12,14,16-17,20,27H,3,6-7,13,15,18-19,21-22H2,1H3;1H. The third-order valence-corrected chi connectivity index (χ3v) is 7.59. The number of quaternary nitrogens is 1. The smallest absolute Gasteiger partial charge is 0.227 e. The van der Waals surface area contributed by atoms with E-state index in [1.165, 1.54) is 60.2 Å². The van der Waals surface area contributed by atoms with Gasteiger partial charge in [-0.2, -0.15) is 0 Å². The normalized spacial score (nSPS) is 18.9. The second-order valence-corrected chi connectivity index (χ2v) is 10.3. The molecule has 4 heteroatoms. The van der Waals surface area contributed by atoms with Crippen molar-refractivity contribution in [2.45, 2.75) is 45.1 Å². The Balaban J connectivity index is 0.00000274. The Labute approximate surface area is 221 Å². The van der Waals surface area contributed by atoms with Crippen LogP contribution in [0.4, 0.5) is 5.69 Å². The van der Waals surface area contributed by atoms with E-state index in [1.807, 2.05) is 6.07 Å². The van der Waals surface area contributed by atoms with Crippen LogP contribution in [0.1, 0.15) is 42.4 Å². The van der Waals surface area contributed by atoms with Gasteiger partial charge in [0.2, 0.25) is 5.91 Å². The summed E-state index contributed by atoms with van der Waals surface area (Å²) >= 11 is 0. The molecule has 1 saturated heterocycles. The van der Waals surface area contributed by atoms with Crippen LogP contribution in [0.15, 0.2) is 72.8 Å². The molecule has 2 aliphatic rings. The van der Waals surface area contributed by atoms with Crippen LogP contribution in [0.25, 0.3) is 11.1 Å². The first kappa shape index (κ1) is 24.9. The number of nitrogens with one attached hydrogen (secondary N) is 1. The van der Waals surface area contributed by atoms with Crippen LogP contribution >= 0.6 is 0 Å². The topological polar surface area (TPSA) is 29.1 Å². The van der Waals surface area contributed by atoms with Crippen LogP contribution in [0.3, 0.4) is 0 Å². The summed E-state index contributed by atoms with van der Waals surface area (Å²) in [7, 11) is 2.37. The van der Waals surface area contributed by atoms with E-state index in [0.29, 0.717) is 0 Å². The number of likely N-dealkylation sites (tertiary alicyclic amines) is 1. The Bertz CT molecular complexity index is 1100. The second-order valence-electron chi connectivity index (χ2n) is 10.3. The lowest BCUT2D eigenvalue weighted by atomic mass is 9.82. The first-order valence-electron chi connectivity index (χ1n) is 12.5. The molecule has 1 fully saturated rings. The zero-order chi connectivity index (χ0) is 22.7. The van der Waals surface area contributed by atoms with Crippen molar-refractivity contribution in [2.24, 2.45) is 5.92 Å². The van der Waals surface area contributed by atoms with E-state index in [1.54, 1.807) is 0 Å². The first-order valence-corrected chi connectivity index (χ1v) is 12.5. The lowest BCUT2D eigenvalue weighted by Crippen LogP contribution is -3.00. The summed E-state index contributed by atoms with van der Waals surface area (Å²) in [6.45, 7) is 3.62. The van der Waals surface area contributed by atoms with Crippen LogP contribution in [-0.4, -0.2) is 30.5 Å². The van der Waals surface area contributed by atoms with E-state index < -0.39 is 0 Å². The molecular formula is C30H35IN2O. The molecule has 1 aliphatic heterocycles. The fourth-order valence-electron chi connectivity index (χ4n) is 5.60. The van der Waals surface area contributed by atoms with Gasteiger partial charge in [0.15, 0.2) is 0 Å². The number of amides is 1. The highest BCUT2D eigenvalue weighted by molar-refractivity contribution is 5.93. The van der Waals surface area contributed by atoms with Crippen LogP contribution in [-0.2, 0) is 24.2 Å². The largest absolute Gasteiger partial charge is 1.00 e. The molecule has 1 atom stereocenters. The number of halogens is 1. The fourth-order valence-corrected chi connectivity index (χ4v) is 5.60. The molecule has 0 aromatic heterocycles. The minimum Gasteiger partial charge on any atom is -1.00 e. The van der Waals surface area contributed by atoms with E-state index in [0.717, 1.165) is 36.0 Å². The second kappa shape index (κ2) is 11.0. The predicted octanol–water partition coefficient (Wildman–Crippen LogP) is 3.23. The summed E-state index contributed by atoms with van der Waals surface area (Å²) in [5.74, 6) is 0.176. The van der Waals surface area contributed by atoms with Gasteiger partial charge in [-0.05, 0) is 72.9 Å². The molecule has 5 rings (SSSR count). The number of rotatable bonds is 5. The van der Waals surface area contributed by atoms with Gasteiger partial charge < -0.3 is 33.8 Å². The Kier molecular flexibility index (Phi) is 8.10. The molecule has 1 amide bonds. The average molecular weight is 567 g/mol. The SMILES string of the molecule is C[N+]1(Cc2ccc(NC(=O)C3CCc4ccc(-c5ccccc5)cc4C3)cc2)CCCCC1.[I-]. The molecular weight excluding hydrogens is 531 g/mol. The quantitative estimate of drug-likeness (QED) is 0.373. The molecule has 3 aromatic carbocycles. The number of hydrogen-bond acceptors (Lipinski definition) is 1. The number of nitrogens with zero attached hydrogens (tertiary/aromatic N) is 1. The Morgan fingerprint density at radius 2 is 1.62 bits per heavy atom. The summed E-state index contributed by atoms with van der Waals surface area (Å²) in [6, 6.07) is 25.8. The molecule has 0 spiro atoms. The maximum atomic E-state index is 13.1. The van der Waals surface area contributed by atoms with Gasteiger partial charge in [-0.15, -0.1) is 0 Å². The first-order chi connectivity index (χ1) is 16.1. The van der Waals surface area contributed by atoms with Crippen molar-refractivity contribution in [3.63, 3.8) is 0 Å². The van der Waals surface area contributed by atoms with Crippen molar-refractivity contribution >= 4 is 11.6 Å². The molecule has 1 N–H and O–H groups in total. The summed E-state index contributed by atoms with van der Waals surface area (Å²) < 4.78 is 1.14. The summed E-state index contributed by atoms with van der Waals surface area (Å²) in [4.78, 5) is 13.1. The molecule has 1 unspecified atom stereocenters. The molecule has 0 bridgehead atoms. The summed E-state index contributed by atoms with van der Waals surface area (Å²) in [5, 5.41) is 3.19. The molecule has 0 saturated carbocycles. The lowest BCUT2D eigenvalue weighted by Gasteiger charge is -2.37. The highest BCUT2D eigenvalue weighted by atomic mass is 127. The minimum atomic E-state index is 0. The van der Waals surface area contributed by atoms with Gasteiger partial charge in [-0.3, -0.25) is 4.79 Å². The zero-order valence-corrected chi connectivity index (χ0v) is 22.3. The van der Waals surface area contributed by atoms with E-state index in [2.05, 4.69) is 79.1 Å². The number of carbonyl (C=O) groups excluding carboxylic acids is 1. The highest BCUT2D eigenvalue weighted by Crippen LogP contribution is 2.31. The molecule has 3 nitrogen and oxygen atoms in total. The minimum absolute atomic E-state index is 0. The third kappa shape index (κ3) is 5.89. The monoisotopic (exact) mass is 566 g/mol. The van der Waals surface area contributed by atoms with Crippen LogP contribution < -0.4 is 29.3 Å². The summed E-state index contributed by atoms with van der Waals surface area (Å²) in [6.07, 6.45) is 6.74. The van der Waals surface area contributed by atoms with Crippen molar-refractivity contribution in [3.05, 3.63) is 89.5 Å². The van der Waals surface area contributed by atoms with Gasteiger partial charge >= 0.3 is 0 Å². The van der Waals surface area contributed by atoms with Gasteiger partial charge in [0.1, 0.15) is 6.54 Å². The average Bonchev–Trinajstić information content (AvgIpc) is 2.85. The van der Waals surface area contributed by atoms with Crippen LogP contribution in [0.5, 0.6) is 0 Å². The number of anilines is 1. The van der Waals surface area contributed by atoms with Gasteiger partial charge in [0.25, 0.3) is 0 Å². The number of carbonyl (C=O) groups is 1. The van der Waals surface area contributed by atoms with E-state index in [4.69, 9.17) is 0 Å². The predicted molar refractivity (Wildman–Crippen MR) is 136 cm³/mol. The van der Waals surface area contributed by atoms with Crippen molar-refractivity contribution in [3.8, 4) is 11.1 Å². The number of fused-ring (bicyclic) bond motifs is 1. The maximum Gasteiger partial charge on any atom is 0.227 e. The molecule has 178 valence electrons. The Morgan fingerprint density at radius 3 is 2.35 bits per heavy atom. The summed E-state index contributed by atoms with van der Waals surface area (Å²) in [5.41, 5.74) is 7.43. The van der Waals surface area contributed by atoms with E-state index in [9.17, 15) is 4.79 Å². The third-order valence-electron chi connectivity index (χ3n) is 7.59. The Hall–Kier alpha value is -2.18. The Morgan fingerprint density at radius 1 is 0.882 bits per heavy atom. The number of piperidine rings is 1. The highest BCUT2D eigenvalue weighted by Gasteiger charge is 2.26. The molecule has 34 heavy (non-hydrogen) atoms. The van der Waals surface area contributed by atoms with Crippen LogP contribution in [0.2, 0.25) is 0 Å². The number of hydrogen-bond donors (Lipinski definition) is 1. The van der Waals surface area contributed by atoms with Gasteiger partial charge in [0, 0.05) is 17.2 Å². The maximum absolute atomic E-state index is 13.1. The number of aryl methyl sites for hydroxylation is 1. The molecule has 0 radical (unpaired) electrons. The van der Waals surface area contributed by atoms with Crippen LogP contribution in [0, 0.1) is 5.92 Å². The lowest BCUT2D eigenvalue weighted by molar-refractivity contribution is -0.926. The van der Waals surface area contributed by atoms with Gasteiger partial charge in [0.05, 0.1) is 20.1 Å². The van der Waals surface area contributed by atoms with E-state index >= 15 is 0 Å². The molecule has 1 heterocycles. The zero-order valence-electron chi connectivity index (χ0n) is 20.1. The van der Waals surface area contributed by atoms with Crippen molar-refractivity contribution in [1.29, 1.82) is 0 Å². The fraction of sp³-hybridized carbons (Fsp3) is 0.367. The van der Waals surface area contributed by atoms with Crippen molar-refractivity contribution in [2.75, 3.05) is 25.5 Å². The van der Waals surface area contributed by atoms with Crippen molar-refractivity contribution in [1.82, 2.24) is 0 Å². The van der Waals surface area contributed by atoms with Crippen molar-refractivity contribution < 1.29 is 33.3 Å². The molecule has 1 aliphatic carbocycles. The van der Waals surface area contributed by atoms with Gasteiger partial charge in [-0.25, -0.2) is 0 Å². The van der Waals surface area contributed by atoms with Gasteiger partial charge in [-0.1, -0.05) is 60.7 Å². The molecule has 3 aromatic rings. The number of benzene rings is 3.